The molecular formula is C17H21O6Y-. The summed E-state index contributed by atoms with van der Waals surface area (Å²) in [4.78, 5) is 21.2. The van der Waals surface area contributed by atoms with Crippen LogP contribution in [0.15, 0.2) is 57.8 Å². The second-order valence-electron chi connectivity index (χ2n) is 3.73. The molecule has 0 amide bonds. The Hall–Kier alpha value is -1.92. The van der Waals surface area contributed by atoms with Crippen molar-refractivity contribution in [2.75, 3.05) is 0 Å². The molecule has 0 saturated carbocycles. The number of ketones is 2. The quantitative estimate of drug-likeness (QED) is 0.336. The van der Waals surface area contributed by atoms with E-state index in [-0.39, 0.29) is 70.6 Å². The maximum Gasteiger partial charge on any atom is 0.224 e. The molecule has 0 atom stereocenters. The van der Waals surface area contributed by atoms with E-state index in [9.17, 15) is 14.7 Å². The molecule has 0 spiro atoms. The molecule has 0 aromatic carbocycles. The van der Waals surface area contributed by atoms with Gasteiger partial charge in [0.15, 0.2) is 17.3 Å². The summed E-state index contributed by atoms with van der Waals surface area (Å²) < 4.78 is 9.79. The molecule has 0 unspecified atom stereocenters. The summed E-state index contributed by atoms with van der Waals surface area (Å²) in [5.74, 6) is -0.407. The van der Waals surface area contributed by atoms with Crippen molar-refractivity contribution >= 4 is 17.3 Å². The first-order valence-corrected chi connectivity index (χ1v) is 5.80. The van der Waals surface area contributed by atoms with Gasteiger partial charge < -0.3 is 23.8 Å². The number of hydrogen-bond acceptors (Lipinski definition) is 6. The third kappa shape index (κ3) is 9.97. The van der Waals surface area contributed by atoms with Gasteiger partial charge in [0.05, 0.1) is 12.5 Å². The second-order valence-corrected chi connectivity index (χ2v) is 3.73. The second kappa shape index (κ2) is 14.7. The third-order valence-electron chi connectivity index (χ3n) is 2.07. The Bertz CT molecular complexity index is 624. The molecule has 0 fully saturated rings. The van der Waals surface area contributed by atoms with Crippen LogP contribution in [0.2, 0.25) is 0 Å². The average Bonchev–Trinajstić information content (AvgIpc) is 3.13. The molecule has 6 nitrogen and oxygen atoms in total. The van der Waals surface area contributed by atoms with Crippen molar-refractivity contribution in [3.05, 3.63) is 66.7 Å². The van der Waals surface area contributed by atoms with Crippen molar-refractivity contribution in [1.29, 1.82) is 0 Å². The van der Waals surface area contributed by atoms with Crippen LogP contribution in [-0.2, 0) is 37.5 Å². The van der Waals surface area contributed by atoms with Gasteiger partial charge in [0.2, 0.25) is 5.78 Å². The Labute approximate surface area is 166 Å². The summed E-state index contributed by atoms with van der Waals surface area (Å²) in [5, 5.41) is 17.2. The Morgan fingerprint density at radius 2 is 1.58 bits per heavy atom. The fraction of sp³-hybridized carbons (Fsp3) is 0.176. The van der Waals surface area contributed by atoms with Gasteiger partial charge in [-0.15, -0.1) is 0 Å². The standard InChI is InChI=1S/C11H8O4.C4H5O2.2CH4.Y/c12-8(10-3-1-5-14-10)7-9(13)11-4-2-6-15-11;1-4(6)2-3-5;;;/h1-7,12H;2,5H,1H3;2*1H4;/q;-1;;;/b8-7-;;;;. The average molecular weight is 410 g/mol. The molecule has 7 heteroatoms. The SMILES string of the molecule is C.C.CC(=O)C=[C-]O.O=C(/C=C(\O)c1ccco1)c1ccco1.[Y]. The van der Waals surface area contributed by atoms with Crippen LogP contribution in [0.4, 0.5) is 0 Å². The van der Waals surface area contributed by atoms with E-state index in [1.807, 2.05) is 0 Å². The van der Waals surface area contributed by atoms with E-state index < -0.39 is 5.78 Å². The molecule has 2 aromatic heterocycles. The van der Waals surface area contributed by atoms with E-state index in [2.05, 4.69) is 0 Å². The predicted octanol–water partition coefficient (Wildman–Crippen LogP) is 4.37. The zero-order valence-electron chi connectivity index (χ0n) is 11.7. The van der Waals surface area contributed by atoms with Crippen molar-refractivity contribution < 1.29 is 61.3 Å². The first kappa shape index (κ1) is 27.0. The van der Waals surface area contributed by atoms with Gasteiger partial charge >= 0.3 is 0 Å². The van der Waals surface area contributed by atoms with Crippen molar-refractivity contribution in [3.63, 3.8) is 0 Å². The minimum atomic E-state index is -0.408. The molecule has 0 bridgehead atoms. The number of hydrogen-bond donors (Lipinski definition) is 2. The van der Waals surface area contributed by atoms with Gasteiger partial charge in [0.1, 0.15) is 0 Å². The zero-order valence-corrected chi connectivity index (χ0v) is 14.6. The molecular weight excluding hydrogens is 389 g/mol. The molecule has 0 aliphatic rings. The number of allylic oxidation sites excluding steroid dienone is 2. The number of aliphatic hydroxyl groups is 2. The van der Waals surface area contributed by atoms with E-state index >= 15 is 0 Å². The van der Waals surface area contributed by atoms with E-state index in [4.69, 9.17) is 13.9 Å². The van der Waals surface area contributed by atoms with Crippen molar-refractivity contribution in [2.45, 2.75) is 21.8 Å². The van der Waals surface area contributed by atoms with E-state index in [0.29, 0.717) is 0 Å². The van der Waals surface area contributed by atoms with Crippen molar-refractivity contribution in [1.82, 2.24) is 0 Å². The largest absolute Gasteiger partial charge is 0.607 e. The van der Waals surface area contributed by atoms with E-state index in [1.165, 1.54) is 25.5 Å². The fourth-order valence-electron chi connectivity index (χ4n) is 1.20. The predicted molar refractivity (Wildman–Crippen MR) is 86.9 cm³/mol. The Balaban J connectivity index is -0.000000432. The van der Waals surface area contributed by atoms with Gasteiger partial charge in [0, 0.05) is 44.6 Å². The molecule has 24 heavy (non-hydrogen) atoms. The summed E-state index contributed by atoms with van der Waals surface area (Å²) in [7, 11) is 0. The minimum Gasteiger partial charge on any atom is -0.607 e. The summed E-state index contributed by atoms with van der Waals surface area (Å²) in [6, 6.07) is 6.30. The van der Waals surface area contributed by atoms with Gasteiger partial charge in [-0.1, -0.05) is 28.0 Å². The summed E-state index contributed by atoms with van der Waals surface area (Å²) in [6.45, 7) is 1.34. The van der Waals surface area contributed by atoms with Gasteiger partial charge in [-0.3, -0.25) is 4.79 Å². The number of furan rings is 2. The van der Waals surface area contributed by atoms with Crippen LogP contribution in [0.1, 0.15) is 38.1 Å². The van der Waals surface area contributed by atoms with Crippen LogP contribution in [0, 0.1) is 6.26 Å². The monoisotopic (exact) mass is 410 g/mol. The number of carbonyl (C=O) groups excluding carboxylic acids is 2. The van der Waals surface area contributed by atoms with Crippen LogP contribution >= 0.6 is 0 Å². The van der Waals surface area contributed by atoms with E-state index in [0.717, 1.165) is 12.2 Å². The molecule has 2 aromatic rings. The van der Waals surface area contributed by atoms with E-state index in [1.54, 1.807) is 24.5 Å². The van der Waals surface area contributed by atoms with Crippen LogP contribution in [-0.4, -0.2) is 21.8 Å². The Kier molecular flexibility index (Phi) is 16.5. The summed E-state index contributed by atoms with van der Waals surface area (Å²) >= 11 is 0. The van der Waals surface area contributed by atoms with Crippen molar-refractivity contribution in [2.24, 2.45) is 0 Å². The minimum absolute atomic E-state index is 0. The summed E-state index contributed by atoms with van der Waals surface area (Å²) in [5.41, 5.74) is 0. The molecule has 0 aliphatic carbocycles. The number of aliphatic hydroxyl groups excluding tert-OH is 2. The maximum absolute atomic E-state index is 11.4. The van der Waals surface area contributed by atoms with Crippen LogP contribution < -0.4 is 0 Å². The third-order valence-corrected chi connectivity index (χ3v) is 2.07. The molecule has 2 rings (SSSR count). The molecule has 0 saturated heterocycles. The Morgan fingerprint density at radius 1 is 1.08 bits per heavy atom. The van der Waals surface area contributed by atoms with Crippen LogP contribution in [0.25, 0.3) is 5.76 Å². The molecule has 129 valence electrons. The topological polar surface area (TPSA) is 101 Å². The first-order valence-electron chi connectivity index (χ1n) is 5.80. The number of carbonyl (C=O) groups is 2. The normalized spacial score (nSPS) is 9.62. The van der Waals surface area contributed by atoms with Crippen LogP contribution in [0.3, 0.4) is 0 Å². The fourth-order valence-corrected chi connectivity index (χ4v) is 1.20. The molecule has 2 N–H and O–H groups in total. The first-order chi connectivity index (χ1) is 10.0. The smallest absolute Gasteiger partial charge is 0.224 e. The number of rotatable bonds is 4. The Morgan fingerprint density at radius 3 is 1.92 bits per heavy atom. The molecule has 0 aliphatic heterocycles. The molecule has 1 radical (unpaired) electrons. The van der Waals surface area contributed by atoms with Crippen LogP contribution in [0.5, 0.6) is 0 Å². The maximum atomic E-state index is 11.4. The van der Waals surface area contributed by atoms with Gasteiger partial charge in [-0.05, 0) is 24.3 Å². The van der Waals surface area contributed by atoms with Gasteiger partial charge in [-0.25, -0.2) is 0 Å². The van der Waals surface area contributed by atoms with Gasteiger partial charge in [-0.2, -0.15) is 6.08 Å². The van der Waals surface area contributed by atoms with Crippen molar-refractivity contribution in [3.8, 4) is 0 Å². The summed E-state index contributed by atoms with van der Waals surface area (Å²) in [6.07, 6.45) is 6.41. The zero-order chi connectivity index (χ0) is 15.7. The molecule has 2 heterocycles. The van der Waals surface area contributed by atoms with Gasteiger partial charge in [0.25, 0.3) is 0 Å².